The molecule has 0 N–H and O–H groups in total. The van der Waals surface area contributed by atoms with Crippen molar-refractivity contribution in [2.45, 2.75) is 13.5 Å². The minimum absolute atomic E-state index is 0.193. The van der Waals surface area contributed by atoms with Gasteiger partial charge in [-0.25, -0.2) is 9.67 Å². The van der Waals surface area contributed by atoms with Gasteiger partial charge in [-0.15, -0.1) is 0 Å². The summed E-state index contributed by atoms with van der Waals surface area (Å²) in [5.41, 5.74) is 1.89. The van der Waals surface area contributed by atoms with Gasteiger partial charge in [0.05, 0.1) is 5.69 Å². The lowest BCUT2D eigenvalue weighted by atomic mass is 10.2. The van der Waals surface area contributed by atoms with Crippen LogP contribution < -0.4 is 5.56 Å². The van der Waals surface area contributed by atoms with Crippen LogP contribution in [0.2, 0.25) is 5.02 Å². The third-order valence-electron chi connectivity index (χ3n) is 3.58. The lowest BCUT2D eigenvalue weighted by Crippen LogP contribution is -2.22. The van der Waals surface area contributed by atoms with Gasteiger partial charge in [0.25, 0.3) is 5.56 Å². The van der Waals surface area contributed by atoms with Crippen LogP contribution in [0.15, 0.2) is 51.8 Å². The molecule has 3 aromatic heterocycles. The van der Waals surface area contributed by atoms with Crippen molar-refractivity contribution >= 4 is 23.1 Å². The van der Waals surface area contributed by atoms with Gasteiger partial charge in [0, 0.05) is 22.7 Å². The quantitative estimate of drug-likeness (QED) is 0.535. The predicted octanol–water partition coefficient (Wildman–Crippen LogP) is 3.43. The first-order valence-electron chi connectivity index (χ1n) is 7.69. The highest BCUT2D eigenvalue weighted by molar-refractivity contribution is 7.09. The average Bonchev–Trinajstić information content (AvgIpc) is 3.26. The number of halogens is 1. The number of hydrogen-bond donors (Lipinski definition) is 0. The SMILES string of the molecule is Cc1cc(Cn2nc(-c3nsc(-c4cccc(Cl)c4)n3)ccc2=O)on1. The summed E-state index contributed by atoms with van der Waals surface area (Å²) < 4.78 is 10.8. The average molecular weight is 386 g/mol. The van der Waals surface area contributed by atoms with Gasteiger partial charge in [-0.3, -0.25) is 4.79 Å². The second kappa shape index (κ2) is 6.81. The van der Waals surface area contributed by atoms with Gasteiger partial charge in [0.1, 0.15) is 17.2 Å². The molecule has 7 nitrogen and oxygen atoms in total. The Bertz CT molecular complexity index is 1130. The molecular weight excluding hydrogens is 374 g/mol. The predicted molar refractivity (Wildman–Crippen MR) is 98.2 cm³/mol. The van der Waals surface area contributed by atoms with E-state index in [1.807, 2.05) is 25.1 Å². The van der Waals surface area contributed by atoms with Gasteiger partial charge in [-0.2, -0.15) is 9.47 Å². The van der Waals surface area contributed by atoms with E-state index in [0.717, 1.165) is 16.3 Å². The molecule has 0 unspecified atom stereocenters. The normalized spacial score (nSPS) is 11.0. The van der Waals surface area contributed by atoms with Crippen LogP contribution in [0.4, 0.5) is 0 Å². The second-order valence-corrected chi connectivity index (χ2v) is 6.77. The largest absolute Gasteiger partial charge is 0.359 e. The van der Waals surface area contributed by atoms with Crippen molar-refractivity contribution in [3.05, 3.63) is 69.3 Å². The molecular formula is C17H12ClN5O2S. The Morgan fingerprint density at radius 3 is 2.88 bits per heavy atom. The summed E-state index contributed by atoms with van der Waals surface area (Å²) in [5, 5.41) is 9.52. The Kier molecular flexibility index (Phi) is 4.36. The highest BCUT2D eigenvalue weighted by atomic mass is 35.5. The lowest BCUT2D eigenvalue weighted by Gasteiger charge is -2.02. The van der Waals surface area contributed by atoms with Crippen LogP contribution in [0.5, 0.6) is 0 Å². The van der Waals surface area contributed by atoms with Crippen molar-refractivity contribution in [2.75, 3.05) is 0 Å². The fourth-order valence-electron chi connectivity index (χ4n) is 2.39. The van der Waals surface area contributed by atoms with Gasteiger partial charge < -0.3 is 4.52 Å². The molecule has 4 aromatic rings. The van der Waals surface area contributed by atoms with E-state index in [-0.39, 0.29) is 12.1 Å². The van der Waals surface area contributed by atoms with Gasteiger partial charge in [0.2, 0.25) is 0 Å². The Morgan fingerprint density at radius 1 is 1.23 bits per heavy atom. The number of benzene rings is 1. The molecule has 4 rings (SSSR count). The first-order chi connectivity index (χ1) is 12.6. The van der Waals surface area contributed by atoms with Crippen molar-refractivity contribution in [1.82, 2.24) is 24.3 Å². The van der Waals surface area contributed by atoms with Gasteiger partial charge in [0.15, 0.2) is 11.6 Å². The Balaban J connectivity index is 1.66. The minimum Gasteiger partial charge on any atom is -0.359 e. The van der Waals surface area contributed by atoms with Crippen LogP contribution in [-0.2, 0) is 6.54 Å². The van der Waals surface area contributed by atoms with E-state index in [1.54, 1.807) is 18.2 Å². The molecule has 0 atom stereocenters. The molecule has 0 saturated carbocycles. The van der Waals surface area contributed by atoms with E-state index in [2.05, 4.69) is 19.6 Å². The lowest BCUT2D eigenvalue weighted by molar-refractivity contribution is 0.365. The molecule has 0 amide bonds. The second-order valence-electron chi connectivity index (χ2n) is 5.58. The van der Waals surface area contributed by atoms with E-state index in [1.165, 1.54) is 22.3 Å². The van der Waals surface area contributed by atoms with Crippen LogP contribution in [0, 0.1) is 6.92 Å². The summed E-state index contributed by atoms with van der Waals surface area (Å²) in [4.78, 5) is 16.6. The number of aryl methyl sites for hydroxylation is 1. The summed E-state index contributed by atoms with van der Waals surface area (Å²) in [6.07, 6.45) is 0. The van der Waals surface area contributed by atoms with Gasteiger partial charge in [-0.1, -0.05) is 28.9 Å². The van der Waals surface area contributed by atoms with Crippen molar-refractivity contribution in [3.8, 4) is 22.1 Å². The number of rotatable bonds is 4. The zero-order valence-electron chi connectivity index (χ0n) is 13.6. The first kappa shape index (κ1) is 16.6. The molecule has 0 bridgehead atoms. The summed E-state index contributed by atoms with van der Waals surface area (Å²) >= 11 is 7.28. The molecule has 1 aromatic carbocycles. The van der Waals surface area contributed by atoms with Crippen molar-refractivity contribution in [3.63, 3.8) is 0 Å². The van der Waals surface area contributed by atoms with Crippen LogP contribution in [0.25, 0.3) is 22.1 Å². The molecule has 9 heteroatoms. The van der Waals surface area contributed by atoms with E-state index < -0.39 is 0 Å². The summed E-state index contributed by atoms with van der Waals surface area (Å²) in [6.45, 7) is 2.01. The molecule has 0 saturated heterocycles. The van der Waals surface area contributed by atoms with Crippen molar-refractivity contribution in [2.24, 2.45) is 0 Å². The summed E-state index contributed by atoms with van der Waals surface area (Å²) in [5.74, 6) is 1.01. The summed E-state index contributed by atoms with van der Waals surface area (Å²) in [7, 11) is 0. The van der Waals surface area contributed by atoms with Crippen molar-refractivity contribution < 1.29 is 4.52 Å². The maximum Gasteiger partial charge on any atom is 0.267 e. The van der Waals surface area contributed by atoms with Gasteiger partial charge in [-0.05, 0) is 36.7 Å². The maximum absolute atomic E-state index is 12.1. The van der Waals surface area contributed by atoms with Crippen LogP contribution in [0.3, 0.4) is 0 Å². The number of hydrogen-bond acceptors (Lipinski definition) is 7. The first-order valence-corrected chi connectivity index (χ1v) is 8.84. The smallest absolute Gasteiger partial charge is 0.267 e. The molecule has 130 valence electrons. The minimum atomic E-state index is -0.243. The fourth-order valence-corrected chi connectivity index (χ4v) is 3.24. The van der Waals surface area contributed by atoms with Crippen molar-refractivity contribution in [1.29, 1.82) is 0 Å². The molecule has 0 aliphatic rings. The van der Waals surface area contributed by atoms with E-state index in [0.29, 0.717) is 22.3 Å². The maximum atomic E-state index is 12.1. The highest BCUT2D eigenvalue weighted by Gasteiger charge is 2.12. The Labute approximate surface area is 157 Å². The zero-order chi connectivity index (χ0) is 18.1. The molecule has 3 heterocycles. The van der Waals surface area contributed by atoms with E-state index >= 15 is 0 Å². The van der Waals surface area contributed by atoms with Crippen LogP contribution in [0.1, 0.15) is 11.5 Å². The topological polar surface area (TPSA) is 86.7 Å². The molecule has 0 spiro atoms. The van der Waals surface area contributed by atoms with E-state index in [9.17, 15) is 4.79 Å². The monoisotopic (exact) mass is 385 g/mol. The molecule has 0 radical (unpaired) electrons. The molecule has 26 heavy (non-hydrogen) atoms. The Hall–Kier alpha value is -2.84. The fraction of sp³-hybridized carbons (Fsp3) is 0.118. The van der Waals surface area contributed by atoms with Crippen LogP contribution >= 0.6 is 23.1 Å². The third-order valence-corrected chi connectivity index (χ3v) is 4.57. The number of nitrogens with zero attached hydrogens (tertiary/aromatic N) is 5. The standard InChI is InChI=1S/C17H12ClN5O2S/c1-10-7-13(25-21-10)9-23-15(24)6-5-14(20-23)16-19-17(26-22-16)11-3-2-4-12(18)8-11/h2-8H,9H2,1H3. The molecule has 0 aliphatic heterocycles. The third kappa shape index (κ3) is 3.42. The van der Waals surface area contributed by atoms with Crippen LogP contribution in [-0.4, -0.2) is 24.3 Å². The van der Waals surface area contributed by atoms with E-state index in [4.69, 9.17) is 16.1 Å². The molecule has 0 aliphatic carbocycles. The zero-order valence-corrected chi connectivity index (χ0v) is 15.2. The molecule has 0 fully saturated rings. The highest BCUT2D eigenvalue weighted by Crippen LogP contribution is 2.26. The Morgan fingerprint density at radius 2 is 2.12 bits per heavy atom. The summed E-state index contributed by atoms with van der Waals surface area (Å²) in [6, 6.07) is 12.2. The van der Waals surface area contributed by atoms with Gasteiger partial charge >= 0.3 is 0 Å². The number of aromatic nitrogens is 5.